The molecule has 1 N–H and O–H groups in total. The van der Waals surface area contributed by atoms with Crippen LogP contribution in [-0.4, -0.2) is 11.0 Å². The maximum absolute atomic E-state index is 5.75. The van der Waals surface area contributed by atoms with E-state index in [2.05, 4.69) is 17.2 Å². The first-order chi connectivity index (χ1) is 5.75. The van der Waals surface area contributed by atoms with Crippen LogP contribution in [0.25, 0.3) is 0 Å². The van der Waals surface area contributed by atoms with Gasteiger partial charge in [-0.3, -0.25) is 0 Å². The quantitative estimate of drug-likeness (QED) is 0.814. The number of rotatable bonds is 3. The van der Waals surface area contributed by atoms with E-state index in [0.29, 0.717) is 6.04 Å². The van der Waals surface area contributed by atoms with E-state index in [1.165, 1.54) is 6.42 Å². The number of nitrogens with zero attached hydrogens (tertiary/aromatic N) is 1. The smallest absolute Gasteiger partial charge is 0.113 e. The summed E-state index contributed by atoms with van der Waals surface area (Å²) in [6, 6.07) is 0.715. The fraction of sp³-hybridized carbons (Fsp3) is 0.625. The molecule has 0 unspecified atom stereocenters. The molecule has 1 aliphatic carbocycles. The molecule has 66 valence electrons. The van der Waals surface area contributed by atoms with Crippen LogP contribution in [0.1, 0.15) is 18.4 Å². The highest BCUT2D eigenvalue weighted by Gasteiger charge is 2.31. The SMILES string of the molecule is C[C@@H]1C[C@@H]1NCc1ncc(Cl)s1. The van der Waals surface area contributed by atoms with Gasteiger partial charge in [0.15, 0.2) is 0 Å². The molecule has 0 saturated heterocycles. The molecule has 0 spiro atoms. The maximum atomic E-state index is 5.75. The standard InChI is InChI=1S/C8H11ClN2S/c1-5-2-6(5)10-4-8-11-3-7(9)12-8/h3,5-6,10H,2,4H2,1H3/t5-,6+/m1/s1. The van der Waals surface area contributed by atoms with Crippen molar-refractivity contribution in [2.75, 3.05) is 0 Å². The van der Waals surface area contributed by atoms with E-state index in [0.717, 1.165) is 21.8 Å². The van der Waals surface area contributed by atoms with Crippen molar-refractivity contribution in [1.82, 2.24) is 10.3 Å². The van der Waals surface area contributed by atoms with Crippen molar-refractivity contribution in [1.29, 1.82) is 0 Å². The van der Waals surface area contributed by atoms with Gasteiger partial charge in [0.2, 0.25) is 0 Å². The molecule has 12 heavy (non-hydrogen) atoms. The molecule has 0 bridgehead atoms. The van der Waals surface area contributed by atoms with E-state index in [9.17, 15) is 0 Å². The number of aromatic nitrogens is 1. The van der Waals surface area contributed by atoms with E-state index in [4.69, 9.17) is 11.6 Å². The van der Waals surface area contributed by atoms with Gasteiger partial charge in [0, 0.05) is 12.6 Å². The lowest BCUT2D eigenvalue weighted by atomic mass is 10.5. The molecule has 1 fully saturated rings. The topological polar surface area (TPSA) is 24.9 Å². The molecule has 2 atom stereocenters. The van der Waals surface area contributed by atoms with Gasteiger partial charge in [0.05, 0.1) is 6.20 Å². The second kappa shape index (κ2) is 3.32. The fourth-order valence-corrected chi connectivity index (χ4v) is 2.10. The summed E-state index contributed by atoms with van der Waals surface area (Å²) in [7, 11) is 0. The lowest BCUT2D eigenvalue weighted by Gasteiger charge is -1.97. The monoisotopic (exact) mass is 202 g/mol. The summed E-state index contributed by atoms with van der Waals surface area (Å²) in [4.78, 5) is 4.16. The van der Waals surface area contributed by atoms with Gasteiger partial charge in [-0.15, -0.1) is 11.3 Å². The van der Waals surface area contributed by atoms with Gasteiger partial charge in [0.25, 0.3) is 0 Å². The van der Waals surface area contributed by atoms with Crippen LogP contribution >= 0.6 is 22.9 Å². The first-order valence-corrected chi connectivity index (χ1v) is 5.29. The molecule has 1 aromatic rings. The van der Waals surface area contributed by atoms with E-state index in [1.54, 1.807) is 17.5 Å². The summed E-state index contributed by atoms with van der Waals surface area (Å²) in [5, 5.41) is 4.51. The lowest BCUT2D eigenvalue weighted by molar-refractivity contribution is 0.650. The molecule has 2 rings (SSSR count). The highest BCUT2D eigenvalue weighted by Crippen LogP contribution is 2.29. The molecular formula is C8H11ClN2S. The summed E-state index contributed by atoms with van der Waals surface area (Å²) < 4.78 is 0.774. The molecule has 0 aromatic carbocycles. The summed E-state index contributed by atoms with van der Waals surface area (Å²) in [5.74, 6) is 0.848. The van der Waals surface area contributed by atoms with Crippen LogP contribution in [0.4, 0.5) is 0 Å². The van der Waals surface area contributed by atoms with Crippen LogP contribution in [0.15, 0.2) is 6.20 Å². The minimum Gasteiger partial charge on any atom is -0.307 e. The lowest BCUT2D eigenvalue weighted by Crippen LogP contribution is -2.16. The van der Waals surface area contributed by atoms with Gasteiger partial charge in [0.1, 0.15) is 9.34 Å². The van der Waals surface area contributed by atoms with E-state index < -0.39 is 0 Å². The van der Waals surface area contributed by atoms with Gasteiger partial charge < -0.3 is 5.32 Å². The normalized spacial score (nSPS) is 27.5. The number of halogens is 1. The predicted molar refractivity (Wildman–Crippen MR) is 51.5 cm³/mol. The van der Waals surface area contributed by atoms with Gasteiger partial charge in [-0.05, 0) is 12.3 Å². The third kappa shape index (κ3) is 1.97. The average Bonchev–Trinajstić information content (AvgIpc) is 2.56. The number of thiazole rings is 1. The zero-order valence-electron chi connectivity index (χ0n) is 6.88. The van der Waals surface area contributed by atoms with Crippen LogP contribution in [0.5, 0.6) is 0 Å². The second-order valence-corrected chi connectivity index (χ2v) is 5.00. The van der Waals surface area contributed by atoms with E-state index in [1.807, 2.05) is 0 Å². The third-order valence-corrected chi connectivity index (χ3v) is 3.27. The third-order valence-electron chi connectivity index (χ3n) is 2.15. The van der Waals surface area contributed by atoms with E-state index in [-0.39, 0.29) is 0 Å². The van der Waals surface area contributed by atoms with Crippen LogP contribution in [0, 0.1) is 5.92 Å². The minimum atomic E-state index is 0.715. The Kier molecular flexibility index (Phi) is 2.35. The van der Waals surface area contributed by atoms with Crippen LogP contribution in [0.3, 0.4) is 0 Å². The molecular weight excluding hydrogens is 192 g/mol. The van der Waals surface area contributed by atoms with Gasteiger partial charge in [-0.25, -0.2) is 4.98 Å². The molecule has 1 saturated carbocycles. The number of hydrogen-bond donors (Lipinski definition) is 1. The Morgan fingerprint density at radius 3 is 3.08 bits per heavy atom. The summed E-state index contributed by atoms with van der Waals surface area (Å²) in [6.45, 7) is 3.12. The highest BCUT2D eigenvalue weighted by molar-refractivity contribution is 7.15. The Bertz CT molecular complexity index is 274. The van der Waals surface area contributed by atoms with Crippen molar-refractivity contribution < 1.29 is 0 Å². The summed E-state index contributed by atoms with van der Waals surface area (Å²) >= 11 is 7.30. The van der Waals surface area contributed by atoms with Crippen molar-refractivity contribution >= 4 is 22.9 Å². The van der Waals surface area contributed by atoms with Crippen molar-refractivity contribution in [3.05, 3.63) is 15.5 Å². The second-order valence-electron chi connectivity index (χ2n) is 3.26. The zero-order valence-corrected chi connectivity index (χ0v) is 8.45. The minimum absolute atomic E-state index is 0.715. The van der Waals surface area contributed by atoms with Crippen molar-refractivity contribution in [2.45, 2.75) is 25.9 Å². The summed E-state index contributed by atoms with van der Waals surface area (Å²) in [5.41, 5.74) is 0. The Balaban J connectivity index is 1.80. The molecule has 1 aliphatic rings. The Morgan fingerprint density at radius 2 is 2.58 bits per heavy atom. The van der Waals surface area contributed by atoms with Crippen LogP contribution in [0.2, 0.25) is 4.34 Å². The zero-order chi connectivity index (χ0) is 8.55. The molecule has 4 heteroatoms. The molecule has 0 radical (unpaired) electrons. The molecule has 1 aromatic heterocycles. The average molecular weight is 203 g/mol. The maximum Gasteiger partial charge on any atom is 0.113 e. The molecule has 1 heterocycles. The van der Waals surface area contributed by atoms with E-state index >= 15 is 0 Å². The Morgan fingerprint density at radius 1 is 1.83 bits per heavy atom. The first kappa shape index (κ1) is 8.48. The molecule has 0 aliphatic heterocycles. The van der Waals surface area contributed by atoms with Crippen LogP contribution in [-0.2, 0) is 6.54 Å². The van der Waals surface area contributed by atoms with Crippen molar-refractivity contribution in [2.24, 2.45) is 5.92 Å². The predicted octanol–water partition coefficient (Wildman–Crippen LogP) is 2.29. The number of nitrogens with one attached hydrogen (secondary N) is 1. The van der Waals surface area contributed by atoms with Gasteiger partial charge in [-0.1, -0.05) is 18.5 Å². The van der Waals surface area contributed by atoms with Crippen molar-refractivity contribution in [3.63, 3.8) is 0 Å². The fourth-order valence-electron chi connectivity index (χ4n) is 1.19. The van der Waals surface area contributed by atoms with Crippen LogP contribution < -0.4 is 5.32 Å². The van der Waals surface area contributed by atoms with Gasteiger partial charge in [-0.2, -0.15) is 0 Å². The first-order valence-electron chi connectivity index (χ1n) is 4.09. The van der Waals surface area contributed by atoms with Gasteiger partial charge >= 0.3 is 0 Å². The number of hydrogen-bond acceptors (Lipinski definition) is 3. The molecule has 2 nitrogen and oxygen atoms in total. The summed E-state index contributed by atoms with van der Waals surface area (Å²) in [6.07, 6.45) is 3.01. The Labute approximate surface area is 81.0 Å². The van der Waals surface area contributed by atoms with Crippen molar-refractivity contribution in [3.8, 4) is 0 Å². The highest BCUT2D eigenvalue weighted by atomic mass is 35.5. The Hall–Kier alpha value is -0.120. The largest absolute Gasteiger partial charge is 0.307 e. The molecule has 0 amide bonds.